The van der Waals surface area contributed by atoms with Gasteiger partial charge in [0.15, 0.2) is 0 Å². The maximum absolute atomic E-state index is 12.3. The minimum absolute atomic E-state index is 0.0993. The first-order valence-corrected chi connectivity index (χ1v) is 4.79. The van der Waals surface area contributed by atoms with Crippen molar-refractivity contribution >= 4 is 11.6 Å². The number of benzene rings is 1. The average molecular weight is 238 g/mol. The third kappa shape index (κ3) is 3.39. The number of rotatable bonds is 2. The molecule has 1 nitrogen and oxygen atoms in total. The molecule has 0 saturated heterocycles. The van der Waals surface area contributed by atoms with E-state index in [1.54, 1.807) is 6.92 Å². The van der Waals surface area contributed by atoms with Crippen molar-refractivity contribution < 1.29 is 13.2 Å². The molecule has 1 atom stereocenters. The predicted molar refractivity (Wildman–Crippen MR) is 53.8 cm³/mol. The molecule has 0 unspecified atom stereocenters. The summed E-state index contributed by atoms with van der Waals surface area (Å²) >= 11 is 5.54. The third-order valence-electron chi connectivity index (χ3n) is 1.90. The molecular formula is C10H11ClF3N. The lowest BCUT2D eigenvalue weighted by Crippen LogP contribution is -2.18. The average Bonchev–Trinajstić information content (AvgIpc) is 1.99. The molecule has 0 fully saturated rings. The standard InChI is InChI=1S/C10H11ClF3N/c1-6(15)4-7-2-3-8(9(11)5-7)10(12,13)14/h2-3,5-6H,4,15H2,1H3/t6-/m1/s1. The highest BCUT2D eigenvalue weighted by molar-refractivity contribution is 6.31. The summed E-state index contributed by atoms with van der Waals surface area (Å²) in [7, 11) is 0. The van der Waals surface area contributed by atoms with Crippen LogP contribution >= 0.6 is 11.6 Å². The molecule has 0 radical (unpaired) electrons. The smallest absolute Gasteiger partial charge is 0.328 e. The molecule has 0 bridgehead atoms. The van der Waals surface area contributed by atoms with Gasteiger partial charge >= 0.3 is 6.18 Å². The van der Waals surface area contributed by atoms with Crippen LogP contribution in [-0.2, 0) is 12.6 Å². The van der Waals surface area contributed by atoms with Gasteiger partial charge in [-0.3, -0.25) is 0 Å². The number of alkyl halides is 3. The van der Waals surface area contributed by atoms with Gasteiger partial charge in [0.05, 0.1) is 10.6 Å². The normalized spacial score (nSPS) is 14.0. The van der Waals surface area contributed by atoms with Gasteiger partial charge in [-0.05, 0) is 31.0 Å². The van der Waals surface area contributed by atoms with E-state index in [0.29, 0.717) is 12.0 Å². The predicted octanol–water partition coefficient (Wildman–Crippen LogP) is 3.25. The van der Waals surface area contributed by atoms with E-state index in [2.05, 4.69) is 0 Å². The Kier molecular flexibility index (Phi) is 3.62. The van der Waals surface area contributed by atoms with Gasteiger partial charge in [0, 0.05) is 6.04 Å². The summed E-state index contributed by atoms with van der Waals surface area (Å²) in [6.45, 7) is 1.78. The van der Waals surface area contributed by atoms with Crippen molar-refractivity contribution in [3.05, 3.63) is 34.3 Å². The summed E-state index contributed by atoms with van der Waals surface area (Å²) in [6.07, 6.45) is -3.89. The van der Waals surface area contributed by atoms with Crippen molar-refractivity contribution in [2.24, 2.45) is 5.73 Å². The van der Waals surface area contributed by atoms with Gasteiger partial charge in [0.25, 0.3) is 0 Å². The molecule has 2 N–H and O–H groups in total. The van der Waals surface area contributed by atoms with Crippen LogP contribution in [0.5, 0.6) is 0 Å². The maximum atomic E-state index is 12.3. The molecule has 0 aliphatic heterocycles. The number of nitrogens with two attached hydrogens (primary N) is 1. The second kappa shape index (κ2) is 4.41. The van der Waals surface area contributed by atoms with Crippen LogP contribution in [0.4, 0.5) is 13.2 Å². The van der Waals surface area contributed by atoms with E-state index in [-0.39, 0.29) is 11.1 Å². The second-order valence-corrected chi connectivity index (χ2v) is 3.90. The molecule has 1 aromatic carbocycles. The van der Waals surface area contributed by atoms with Crippen molar-refractivity contribution in [1.82, 2.24) is 0 Å². The van der Waals surface area contributed by atoms with Crippen LogP contribution < -0.4 is 5.73 Å². The molecule has 0 spiro atoms. The van der Waals surface area contributed by atoms with Crippen LogP contribution in [0.25, 0.3) is 0 Å². The Morgan fingerprint density at radius 2 is 2.00 bits per heavy atom. The van der Waals surface area contributed by atoms with E-state index >= 15 is 0 Å². The van der Waals surface area contributed by atoms with Crippen LogP contribution in [0.2, 0.25) is 5.02 Å². The van der Waals surface area contributed by atoms with Crippen LogP contribution in [0, 0.1) is 0 Å². The van der Waals surface area contributed by atoms with Gasteiger partial charge in [0.1, 0.15) is 0 Å². The van der Waals surface area contributed by atoms with E-state index < -0.39 is 11.7 Å². The van der Waals surface area contributed by atoms with E-state index in [1.807, 2.05) is 0 Å². The Labute approximate surface area is 91.0 Å². The van der Waals surface area contributed by atoms with Gasteiger partial charge in [-0.2, -0.15) is 13.2 Å². The van der Waals surface area contributed by atoms with Crippen molar-refractivity contribution in [2.45, 2.75) is 25.6 Å². The Bertz CT molecular complexity index is 347. The molecule has 84 valence electrons. The first-order chi connectivity index (χ1) is 6.80. The molecule has 5 heteroatoms. The van der Waals surface area contributed by atoms with Crippen LogP contribution in [0.1, 0.15) is 18.1 Å². The van der Waals surface area contributed by atoms with Gasteiger partial charge in [0.2, 0.25) is 0 Å². The van der Waals surface area contributed by atoms with Crippen molar-refractivity contribution in [2.75, 3.05) is 0 Å². The third-order valence-corrected chi connectivity index (χ3v) is 2.21. The Balaban J connectivity index is 2.99. The zero-order valence-electron chi connectivity index (χ0n) is 8.11. The maximum Gasteiger partial charge on any atom is 0.417 e. The zero-order valence-corrected chi connectivity index (χ0v) is 8.86. The Morgan fingerprint density at radius 3 is 2.40 bits per heavy atom. The minimum Gasteiger partial charge on any atom is -0.328 e. The Hall–Kier alpha value is -0.740. The first kappa shape index (κ1) is 12.3. The van der Waals surface area contributed by atoms with Gasteiger partial charge < -0.3 is 5.73 Å². The number of hydrogen-bond donors (Lipinski definition) is 1. The minimum atomic E-state index is -4.40. The Morgan fingerprint density at radius 1 is 1.40 bits per heavy atom. The van der Waals surface area contributed by atoms with Crippen molar-refractivity contribution in [1.29, 1.82) is 0 Å². The molecule has 0 aliphatic rings. The van der Waals surface area contributed by atoms with E-state index in [9.17, 15) is 13.2 Å². The van der Waals surface area contributed by atoms with Gasteiger partial charge in [-0.25, -0.2) is 0 Å². The summed E-state index contributed by atoms with van der Waals surface area (Å²) in [5.41, 5.74) is 5.44. The highest BCUT2D eigenvalue weighted by Gasteiger charge is 2.32. The molecule has 1 aromatic rings. The van der Waals surface area contributed by atoms with E-state index in [4.69, 9.17) is 17.3 Å². The number of hydrogen-bond acceptors (Lipinski definition) is 1. The molecule has 15 heavy (non-hydrogen) atoms. The molecular weight excluding hydrogens is 227 g/mol. The molecule has 0 saturated carbocycles. The monoisotopic (exact) mass is 237 g/mol. The van der Waals surface area contributed by atoms with Crippen LogP contribution in [0.15, 0.2) is 18.2 Å². The highest BCUT2D eigenvalue weighted by Crippen LogP contribution is 2.34. The van der Waals surface area contributed by atoms with Gasteiger partial charge in [-0.1, -0.05) is 17.7 Å². The van der Waals surface area contributed by atoms with E-state index in [0.717, 1.165) is 6.07 Å². The molecule has 0 heterocycles. The lowest BCUT2D eigenvalue weighted by Gasteiger charge is -2.11. The first-order valence-electron chi connectivity index (χ1n) is 4.42. The fraction of sp³-hybridized carbons (Fsp3) is 0.400. The van der Waals surface area contributed by atoms with E-state index in [1.165, 1.54) is 12.1 Å². The summed E-state index contributed by atoms with van der Waals surface area (Å²) < 4.78 is 37.0. The molecule has 0 aliphatic carbocycles. The second-order valence-electron chi connectivity index (χ2n) is 3.49. The zero-order chi connectivity index (χ0) is 11.6. The molecule has 0 amide bonds. The van der Waals surface area contributed by atoms with Crippen molar-refractivity contribution in [3.63, 3.8) is 0 Å². The SMILES string of the molecule is C[C@@H](N)Cc1ccc(C(F)(F)F)c(Cl)c1. The molecule has 0 aromatic heterocycles. The van der Waals surface area contributed by atoms with Crippen LogP contribution in [0.3, 0.4) is 0 Å². The topological polar surface area (TPSA) is 26.0 Å². The summed E-state index contributed by atoms with van der Waals surface area (Å²) in [4.78, 5) is 0. The lowest BCUT2D eigenvalue weighted by molar-refractivity contribution is -0.137. The lowest BCUT2D eigenvalue weighted by atomic mass is 10.1. The van der Waals surface area contributed by atoms with Crippen molar-refractivity contribution in [3.8, 4) is 0 Å². The molecule has 1 rings (SSSR count). The summed E-state index contributed by atoms with van der Waals surface area (Å²) in [5.74, 6) is 0. The fourth-order valence-electron chi connectivity index (χ4n) is 1.29. The van der Waals surface area contributed by atoms with Gasteiger partial charge in [-0.15, -0.1) is 0 Å². The van der Waals surface area contributed by atoms with Crippen LogP contribution in [-0.4, -0.2) is 6.04 Å². The quantitative estimate of drug-likeness (QED) is 0.840. The summed E-state index contributed by atoms with van der Waals surface area (Å²) in [6, 6.07) is 3.60. The number of halogens is 4. The summed E-state index contributed by atoms with van der Waals surface area (Å²) in [5, 5.41) is -0.277. The highest BCUT2D eigenvalue weighted by atomic mass is 35.5. The largest absolute Gasteiger partial charge is 0.417 e. The fourth-order valence-corrected chi connectivity index (χ4v) is 1.60.